The summed E-state index contributed by atoms with van der Waals surface area (Å²) in [4.78, 5) is 15.0. The molecule has 128 valence electrons. The Labute approximate surface area is 133 Å². The van der Waals surface area contributed by atoms with Gasteiger partial charge in [-0.1, -0.05) is 11.2 Å². The lowest BCUT2D eigenvalue weighted by Crippen LogP contribution is -2.11. The maximum absolute atomic E-state index is 14.1. The Morgan fingerprint density at radius 3 is 2.67 bits per heavy atom. The molecule has 1 fully saturated rings. The van der Waals surface area contributed by atoms with Crippen LogP contribution in [0.4, 0.5) is 17.6 Å². The summed E-state index contributed by atoms with van der Waals surface area (Å²) in [5.41, 5.74) is -0.226. The molecule has 0 unspecified atom stereocenters. The van der Waals surface area contributed by atoms with Crippen molar-refractivity contribution in [1.29, 1.82) is 0 Å². The topological polar surface area (TPSA) is 65.2 Å². The Hall–Kier alpha value is -2.29. The molecule has 1 aromatic carbocycles. The molecule has 0 atom stereocenters. The molecule has 5 nitrogen and oxygen atoms in total. The van der Waals surface area contributed by atoms with E-state index >= 15 is 0 Å². The van der Waals surface area contributed by atoms with Gasteiger partial charge in [0, 0.05) is 5.56 Å². The lowest BCUT2D eigenvalue weighted by molar-refractivity contribution is -0.159. The molecule has 0 N–H and O–H groups in total. The normalized spacial score (nSPS) is 14.8. The molecule has 1 saturated carbocycles. The SMILES string of the molecule is O=C(COCC1CC1)c1ccc(-c2noc(C(F)(F)F)n2)c(F)c1. The zero-order valence-corrected chi connectivity index (χ0v) is 12.3. The van der Waals surface area contributed by atoms with E-state index in [1.165, 1.54) is 6.07 Å². The lowest BCUT2D eigenvalue weighted by atomic mass is 10.1. The number of Topliss-reactive ketones (excluding diaryl/α,β-unsaturated/α-hetero) is 1. The van der Waals surface area contributed by atoms with Gasteiger partial charge in [0.05, 0.1) is 12.2 Å². The molecular weight excluding hydrogens is 332 g/mol. The van der Waals surface area contributed by atoms with E-state index in [9.17, 15) is 22.4 Å². The number of rotatable bonds is 6. The molecule has 0 aliphatic heterocycles. The van der Waals surface area contributed by atoms with Gasteiger partial charge in [-0.2, -0.15) is 18.2 Å². The number of benzene rings is 1. The fourth-order valence-corrected chi connectivity index (χ4v) is 2.00. The third-order valence-corrected chi connectivity index (χ3v) is 3.48. The molecule has 1 aliphatic carbocycles. The van der Waals surface area contributed by atoms with Crippen molar-refractivity contribution < 1.29 is 31.6 Å². The van der Waals surface area contributed by atoms with Gasteiger partial charge in [-0.3, -0.25) is 4.79 Å². The Bertz CT molecular complexity index is 753. The number of aromatic nitrogens is 2. The minimum Gasteiger partial charge on any atom is -0.373 e. The molecule has 0 spiro atoms. The largest absolute Gasteiger partial charge is 0.471 e. The maximum atomic E-state index is 14.1. The summed E-state index contributed by atoms with van der Waals surface area (Å²) in [6, 6.07) is 3.33. The fourth-order valence-electron chi connectivity index (χ4n) is 2.00. The third-order valence-electron chi connectivity index (χ3n) is 3.48. The molecule has 0 radical (unpaired) electrons. The van der Waals surface area contributed by atoms with Crippen LogP contribution in [-0.2, 0) is 10.9 Å². The molecule has 2 aromatic rings. The number of carbonyl (C=O) groups excluding carboxylic acids is 1. The Morgan fingerprint density at radius 1 is 1.33 bits per heavy atom. The second-order valence-electron chi connectivity index (χ2n) is 5.50. The van der Waals surface area contributed by atoms with Gasteiger partial charge in [0.15, 0.2) is 5.78 Å². The van der Waals surface area contributed by atoms with E-state index in [1.54, 1.807) is 0 Å². The molecule has 0 saturated heterocycles. The van der Waals surface area contributed by atoms with Crippen LogP contribution in [0.15, 0.2) is 22.7 Å². The second-order valence-corrected chi connectivity index (χ2v) is 5.50. The van der Waals surface area contributed by atoms with Gasteiger partial charge in [-0.05, 0) is 30.9 Å². The van der Waals surface area contributed by atoms with Crippen LogP contribution in [-0.4, -0.2) is 29.1 Å². The second kappa shape index (κ2) is 6.31. The average Bonchev–Trinajstić information content (AvgIpc) is 3.19. The number of hydrogen-bond acceptors (Lipinski definition) is 5. The summed E-state index contributed by atoms with van der Waals surface area (Å²) in [6.45, 7) is 0.325. The lowest BCUT2D eigenvalue weighted by Gasteiger charge is -2.04. The third kappa shape index (κ3) is 3.78. The van der Waals surface area contributed by atoms with Crippen molar-refractivity contribution in [3.05, 3.63) is 35.5 Å². The Kier molecular flexibility index (Phi) is 4.35. The first kappa shape index (κ1) is 16.6. The number of alkyl halides is 3. The molecule has 0 amide bonds. The van der Waals surface area contributed by atoms with E-state index < -0.39 is 29.5 Å². The molecular formula is C15H12F4N2O3. The van der Waals surface area contributed by atoms with E-state index in [0.717, 1.165) is 25.0 Å². The maximum Gasteiger partial charge on any atom is 0.471 e. The van der Waals surface area contributed by atoms with Crippen molar-refractivity contribution in [2.75, 3.05) is 13.2 Å². The quantitative estimate of drug-likeness (QED) is 0.593. The van der Waals surface area contributed by atoms with Gasteiger partial charge < -0.3 is 9.26 Å². The molecule has 1 aliphatic rings. The fraction of sp³-hybridized carbons (Fsp3) is 0.400. The highest BCUT2D eigenvalue weighted by Gasteiger charge is 2.38. The number of halogens is 4. The number of ketones is 1. The van der Waals surface area contributed by atoms with E-state index in [1.807, 2.05) is 0 Å². The molecule has 1 aromatic heterocycles. The first-order valence-electron chi connectivity index (χ1n) is 7.16. The van der Waals surface area contributed by atoms with E-state index in [0.29, 0.717) is 12.5 Å². The van der Waals surface area contributed by atoms with E-state index in [-0.39, 0.29) is 17.7 Å². The van der Waals surface area contributed by atoms with Crippen molar-refractivity contribution >= 4 is 5.78 Å². The minimum absolute atomic E-state index is 0.0617. The highest BCUT2D eigenvalue weighted by molar-refractivity contribution is 5.97. The van der Waals surface area contributed by atoms with Crippen LogP contribution in [0.5, 0.6) is 0 Å². The van der Waals surface area contributed by atoms with Crippen LogP contribution in [0.1, 0.15) is 29.1 Å². The van der Waals surface area contributed by atoms with Crippen molar-refractivity contribution in [3.8, 4) is 11.4 Å². The van der Waals surface area contributed by atoms with E-state index in [2.05, 4.69) is 14.7 Å². The van der Waals surface area contributed by atoms with Crippen LogP contribution in [0.2, 0.25) is 0 Å². The van der Waals surface area contributed by atoms with Crippen LogP contribution in [0.25, 0.3) is 11.4 Å². The van der Waals surface area contributed by atoms with Gasteiger partial charge in [0.1, 0.15) is 12.4 Å². The predicted octanol–water partition coefficient (Wildman–Crippen LogP) is 3.50. The summed E-state index contributed by atoms with van der Waals surface area (Å²) in [5, 5.41) is 3.11. The van der Waals surface area contributed by atoms with Crippen molar-refractivity contribution in [2.45, 2.75) is 19.0 Å². The Balaban J connectivity index is 1.71. The van der Waals surface area contributed by atoms with Gasteiger partial charge >= 0.3 is 12.1 Å². The number of carbonyl (C=O) groups is 1. The number of ether oxygens (including phenoxy) is 1. The van der Waals surface area contributed by atoms with Gasteiger partial charge in [-0.15, -0.1) is 0 Å². The van der Waals surface area contributed by atoms with Crippen molar-refractivity contribution in [1.82, 2.24) is 10.1 Å². The zero-order chi connectivity index (χ0) is 17.3. The number of nitrogens with zero attached hydrogens (tertiary/aromatic N) is 2. The minimum atomic E-state index is -4.81. The standard InChI is InChI=1S/C15H12F4N2O3/c16-11-5-9(12(22)7-23-6-8-1-2-8)3-4-10(11)13-20-14(24-21-13)15(17,18)19/h3-5,8H,1-2,6-7H2. The summed E-state index contributed by atoms with van der Waals surface area (Å²) in [5.74, 6) is -2.94. The summed E-state index contributed by atoms with van der Waals surface area (Å²) in [6.07, 6.45) is -2.64. The smallest absolute Gasteiger partial charge is 0.373 e. The molecule has 24 heavy (non-hydrogen) atoms. The first-order chi connectivity index (χ1) is 11.3. The van der Waals surface area contributed by atoms with Gasteiger partial charge in [-0.25, -0.2) is 4.39 Å². The summed E-state index contributed by atoms with van der Waals surface area (Å²) >= 11 is 0. The van der Waals surface area contributed by atoms with Crippen LogP contribution in [0, 0.1) is 11.7 Å². The first-order valence-corrected chi connectivity index (χ1v) is 7.16. The van der Waals surface area contributed by atoms with E-state index in [4.69, 9.17) is 4.74 Å². The van der Waals surface area contributed by atoms with Gasteiger partial charge in [0.2, 0.25) is 5.82 Å². The molecule has 9 heteroatoms. The molecule has 3 rings (SSSR count). The average molecular weight is 344 g/mol. The van der Waals surface area contributed by atoms with Crippen LogP contribution in [0.3, 0.4) is 0 Å². The zero-order valence-electron chi connectivity index (χ0n) is 12.3. The van der Waals surface area contributed by atoms with Crippen LogP contribution >= 0.6 is 0 Å². The predicted molar refractivity (Wildman–Crippen MR) is 72.6 cm³/mol. The van der Waals surface area contributed by atoms with Crippen molar-refractivity contribution in [3.63, 3.8) is 0 Å². The highest BCUT2D eigenvalue weighted by atomic mass is 19.4. The number of hydrogen-bond donors (Lipinski definition) is 0. The monoisotopic (exact) mass is 344 g/mol. The Morgan fingerprint density at radius 2 is 2.08 bits per heavy atom. The molecule has 0 bridgehead atoms. The molecule has 1 heterocycles. The summed E-state index contributed by atoms with van der Waals surface area (Å²) in [7, 11) is 0. The van der Waals surface area contributed by atoms with Crippen LogP contribution < -0.4 is 0 Å². The summed E-state index contributed by atoms with van der Waals surface area (Å²) < 4.78 is 60.6. The highest BCUT2D eigenvalue weighted by Crippen LogP contribution is 2.30. The van der Waals surface area contributed by atoms with Gasteiger partial charge in [0.25, 0.3) is 0 Å². The van der Waals surface area contributed by atoms with Crippen molar-refractivity contribution in [2.24, 2.45) is 5.92 Å².